The lowest BCUT2D eigenvalue weighted by Crippen LogP contribution is -2.18. The SMILES string of the molecule is COc1cc(CC(C)N)c(I)c(OC)c1OC. The molecule has 0 aromatic heterocycles. The van der Waals surface area contributed by atoms with Gasteiger partial charge in [-0.2, -0.15) is 0 Å². The highest BCUT2D eigenvalue weighted by atomic mass is 127. The maximum atomic E-state index is 5.83. The summed E-state index contributed by atoms with van der Waals surface area (Å²) in [7, 11) is 4.83. The fraction of sp³-hybridized carbons (Fsp3) is 0.500. The van der Waals surface area contributed by atoms with Gasteiger partial charge < -0.3 is 19.9 Å². The number of ether oxygens (including phenoxy) is 3. The van der Waals surface area contributed by atoms with E-state index in [0.29, 0.717) is 17.2 Å². The molecule has 1 aromatic carbocycles. The van der Waals surface area contributed by atoms with Gasteiger partial charge >= 0.3 is 0 Å². The van der Waals surface area contributed by atoms with Crippen LogP contribution in [0.15, 0.2) is 6.07 Å². The van der Waals surface area contributed by atoms with Crippen molar-refractivity contribution in [2.75, 3.05) is 21.3 Å². The van der Waals surface area contributed by atoms with Crippen LogP contribution in [0, 0.1) is 3.57 Å². The average Bonchev–Trinajstić information content (AvgIpc) is 2.30. The van der Waals surface area contributed by atoms with Crippen molar-refractivity contribution in [1.29, 1.82) is 0 Å². The van der Waals surface area contributed by atoms with Gasteiger partial charge in [0.1, 0.15) is 0 Å². The Morgan fingerprint density at radius 1 is 1.18 bits per heavy atom. The molecule has 1 unspecified atom stereocenters. The van der Waals surface area contributed by atoms with Crippen molar-refractivity contribution in [3.05, 3.63) is 15.2 Å². The lowest BCUT2D eigenvalue weighted by atomic mass is 10.1. The van der Waals surface area contributed by atoms with Gasteiger partial charge in [-0.25, -0.2) is 0 Å². The van der Waals surface area contributed by atoms with Crippen molar-refractivity contribution < 1.29 is 14.2 Å². The third-order valence-electron chi connectivity index (χ3n) is 2.39. The van der Waals surface area contributed by atoms with E-state index in [9.17, 15) is 0 Å². The van der Waals surface area contributed by atoms with Crippen LogP contribution >= 0.6 is 22.6 Å². The summed E-state index contributed by atoms with van der Waals surface area (Å²) in [6.07, 6.45) is 0.773. The molecule has 0 bridgehead atoms. The highest BCUT2D eigenvalue weighted by Crippen LogP contribution is 2.42. The molecule has 0 radical (unpaired) electrons. The van der Waals surface area contributed by atoms with Crippen LogP contribution in [0.2, 0.25) is 0 Å². The molecule has 17 heavy (non-hydrogen) atoms. The number of benzene rings is 1. The van der Waals surface area contributed by atoms with Crippen molar-refractivity contribution in [3.8, 4) is 17.2 Å². The Morgan fingerprint density at radius 3 is 2.18 bits per heavy atom. The quantitative estimate of drug-likeness (QED) is 0.827. The van der Waals surface area contributed by atoms with Gasteiger partial charge in [-0.15, -0.1) is 0 Å². The first kappa shape index (κ1) is 14.4. The summed E-state index contributed by atoms with van der Waals surface area (Å²) in [6, 6.07) is 2.04. The molecule has 0 amide bonds. The van der Waals surface area contributed by atoms with Gasteiger partial charge in [0.25, 0.3) is 0 Å². The second kappa shape index (κ2) is 6.30. The number of halogens is 1. The molecule has 0 aliphatic heterocycles. The lowest BCUT2D eigenvalue weighted by molar-refractivity contribution is 0.322. The molecule has 96 valence electrons. The highest BCUT2D eigenvalue weighted by Gasteiger charge is 2.19. The van der Waals surface area contributed by atoms with Gasteiger partial charge in [0.15, 0.2) is 11.5 Å². The number of hydrogen-bond acceptors (Lipinski definition) is 4. The summed E-state index contributed by atoms with van der Waals surface area (Å²) in [5.41, 5.74) is 6.94. The third kappa shape index (κ3) is 3.16. The van der Waals surface area contributed by atoms with Gasteiger partial charge in [-0.05, 0) is 47.6 Å². The number of rotatable bonds is 5. The van der Waals surface area contributed by atoms with E-state index < -0.39 is 0 Å². The largest absolute Gasteiger partial charge is 0.493 e. The summed E-state index contributed by atoms with van der Waals surface area (Å²) in [5, 5.41) is 0. The summed E-state index contributed by atoms with van der Waals surface area (Å²) in [4.78, 5) is 0. The number of methoxy groups -OCH3 is 3. The van der Waals surface area contributed by atoms with Crippen LogP contribution in [-0.2, 0) is 6.42 Å². The zero-order valence-corrected chi connectivity index (χ0v) is 12.7. The summed E-state index contributed by atoms with van der Waals surface area (Å²) < 4.78 is 17.0. The van der Waals surface area contributed by atoms with E-state index in [2.05, 4.69) is 22.6 Å². The summed E-state index contributed by atoms with van der Waals surface area (Å²) in [6.45, 7) is 1.97. The maximum Gasteiger partial charge on any atom is 0.204 e. The van der Waals surface area contributed by atoms with Crippen LogP contribution < -0.4 is 19.9 Å². The van der Waals surface area contributed by atoms with Crippen LogP contribution in [0.4, 0.5) is 0 Å². The molecule has 2 N–H and O–H groups in total. The van der Waals surface area contributed by atoms with E-state index in [1.54, 1.807) is 21.3 Å². The van der Waals surface area contributed by atoms with E-state index in [4.69, 9.17) is 19.9 Å². The predicted octanol–water partition coefficient (Wildman–Crippen LogP) is 2.21. The standard InChI is InChI=1S/C12H18INO3/c1-7(14)5-8-6-9(15-2)11(16-3)12(17-4)10(8)13/h6-7H,5,14H2,1-4H3. The first-order chi connectivity index (χ1) is 8.04. The molecule has 0 spiro atoms. The number of hydrogen-bond donors (Lipinski definition) is 1. The molecule has 0 aliphatic rings. The van der Waals surface area contributed by atoms with Crippen LogP contribution in [0.25, 0.3) is 0 Å². The molecule has 0 fully saturated rings. The smallest absolute Gasteiger partial charge is 0.204 e. The van der Waals surface area contributed by atoms with Gasteiger partial charge in [-0.3, -0.25) is 0 Å². The second-order valence-electron chi connectivity index (χ2n) is 3.80. The molecule has 1 atom stereocenters. The Balaban J connectivity index is 3.34. The number of nitrogens with two attached hydrogens (primary N) is 1. The maximum absolute atomic E-state index is 5.83. The molecule has 1 rings (SSSR count). The monoisotopic (exact) mass is 351 g/mol. The topological polar surface area (TPSA) is 53.7 Å². The van der Waals surface area contributed by atoms with Crippen LogP contribution in [-0.4, -0.2) is 27.4 Å². The van der Waals surface area contributed by atoms with Crippen LogP contribution in [0.5, 0.6) is 17.2 Å². The Kier molecular flexibility index (Phi) is 5.32. The fourth-order valence-electron chi connectivity index (χ4n) is 1.67. The Morgan fingerprint density at radius 2 is 1.76 bits per heavy atom. The molecule has 0 heterocycles. The molecule has 0 saturated heterocycles. The van der Waals surface area contributed by atoms with Gasteiger partial charge in [0.05, 0.1) is 24.9 Å². The van der Waals surface area contributed by atoms with E-state index in [1.807, 2.05) is 13.0 Å². The molecule has 1 aromatic rings. The van der Waals surface area contributed by atoms with E-state index in [-0.39, 0.29) is 6.04 Å². The molecule has 0 saturated carbocycles. The predicted molar refractivity (Wildman–Crippen MR) is 76.2 cm³/mol. The Bertz CT molecular complexity index is 394. The van der Waals surface area contributed by atoms with Gasteiger partial charge in [-0.1, -0.05) is 0 Å². The summed E-state index contributed by atoms with van der Waals surface area (Å²) in [5.74, 6) is 1.98. The molecule has 4 nitrogen and oxygen atoms in total. The minimum atomic E-state index is 0.0892. The van der Waals surface area contributed by atoms with E-state index in [0.717, 1.165) is 15.6 Å². The highest BCUT2D eigenvalue weighted by molar-refractivity contribution is 14.1. The zero-order chi connectivity index (χ0) is 13.0. The summed E-state index contributed by atoms with van der Waals surface area (Å²) >= 11 is 2.24. The minimum absolute atomic E-state index is 0.0892. The van der Waals surface area contributed by atoms with E-state index >= 15 is 0 Å². The molecule has 0 aliphatic carbocycles. The van der Waals surface area contributed by atoms with Crippen molar-refractivity contribution in [2.45, 2.75) is 19.4 Å². The van der Waals surface area contributed by atoms with Gasteiger partial charge in [0, 0.05) is 6.04 Å². The average molecular weight is 351 g/mol. The van der Waals surface area contributed by atoms with Crippen LogP contribution in [0.3, 0.4) is 0 Å². The molecule has 5 heteroatoms. The second-order valence-corrected chi connectivity index (χ2v) is 4.88. The third-order valence-corrected chi connectivity index (χ3v) is 3.57. The molecular weight excluding hydrogens is 333 g/mol. The van der Waals surface area contributed by atoms with Crippen LogP contribution in [0.1, 0.15) is 12.5 Å². The minimum Gasteiger partial charge on any atom is -0.493 e. The fourth-order valence-corrected chi connectivity index (χ4v) is 2.51. The lowest BCUT2D eigenvalue weighted by Gasteiger charge is -2.17. The first-order valence-corrected chi connectivity index (χ1v) is 6.35. The molecular formula is C12H18INO3. The van der Waals surface area contributed by atoms with Crippen molar-refractivity contribution in [2.24, 2.45) is 5.73 Å². The Labute approximate surface area is 116 Å². The van der Waals surface area contributed by atoms with E-state index in [1.165, 1.54) is 0 Å². The van der Waals surface area contributed by atoms with Crippen molar-refractivity contribution in [1.82, 2.24) is 0 Å². The Hall–Kier alpha value is -0.690. The van der Waals surface area contributed by atoms with Crippen molar-refractivity contribution >= 4 is 22.6 Å². The van der Waals surface area contributed by atoms with Crippen molar-refractivity contribution in [3.63, 3.8) is 0 Å². The zero-order valence-electron chi connectivity index (χ0n) is 10.5. The van der Waals surface area contributed by atoms with Gasteiger partial charge in [0.2, 0.25) is 5.75 Å². The normalized spacial score (nSPS) is 12.1. The first-order valence-electron chi connectivity index (χ1n) is 5.28.